The molecule has 0 aliphatic carbocycles. The standard InChI is InChI=1S/C22H21NOS/c1-2-17-10-14-20(15-11-17)23-22(24)19-12-8-18(9-13-19)16-25-21-6-4-3-5-7-21/h3-15H,2,16H2,1H3,(H,23,24). The van der Waals surface area contributed by atoms with E-state index in [4.69, 9.17) is 0 Å². The lowest BCUT2D eigenvalue weighted by Crippen LogP contribution is -2.11. The second-order valence-corrected chi connectivity index (χ2v) is 6.85. The number of rotatable bonds is 6. The van der Waals surface area contributed by atoms with Gasteiger partial charge in [-0.1, -0.05) is 49.4 Å². The number of anilines is 1. The van der Waals surface area contributed by atoms with Crippen LogP contribution in [0.3, 0.4) is 0 Å². The van der Waals surface area contributed by atoms with Crippen molar-refractivity contribution < 1.29 is 4.79 Å². The fraction of sp³-hybridized carbons (Fsp3) is 0.136. The molecule has 25 heavy (non-hydrogen) atoms. The quantitative estimate of drug-likeness (QED) is 0.572. The van der Waals surface area contributed by atoms with Crippen LogP contribution >= 0.6 is 11.8 Å². The second-order valence-electron chi connectivity index (χ2n) is 5.80. The predicted octanol–water partition coefficient (Wildman–Crippen LogP) is 5.79. The Morgan fingerprint density at radius 3 is 2.12 bits per heavy atom. The molecule has 0 heterocycles. The summed E-state index contributed by atoms with van der Waals surface area (Å²) in [5.41, 5.74) is 3.97. The van der Waals surface area contributed by atoms with Crippen LogP contribution in [0.4, 0.5) is 5.69 Å². The maximum Gasteiger partial charge on any atom is 0.255 e. The molecule has 0 saturated heterocycles. The molecule has 0 unspecified atom stereocenters. The highest BCUT2D eigenvalue weighted by atomic mass is 32.2. The Morgan fingerprint density at radius 1 is 0.840 bits per heavy atom. The van der Waals surface area contributed by atoms with Crippen LogP contribution in [-0.4, -0.2) is 5.91 Å². The highest BCUT2D eigenvalue weighted by Gasteiger charge is 2.06. The first kappa shape index (κ1) is 17.3. The molecule has 0 atom stereocenters. The van der Waals surface area contributed by atoms with Crippen LogP contribution < -0.4 is 5.32 Å². The summed E-state index contributed by atoms with van der Waals surface area (Å²) in [7, 11) is 0. The predicted molar refractivity (Wildman–Crippen MR) is 106 cm³/mol. The van der Waals surface area contributed by atoms with E-state index in [0.29, 0.717) is 5.56 Å². The van der Waals surface area contributed by atoms with Gasteiger partial charge >= 0.3 is 0 Å². The molecule has 0 aromatic heterocycles. The highest BCUT2D eigenvalue weighted by molar-refractivity contribution is 7.98. The lowest BCUT2D eigenvalue weighted by molar-refractivity contribution is 0.102. The maximum absolute atomic E-state index is 12.3. The molecule has 0 aliphatic heterocycles. The minimum absolute atomic E-state index is 0.0773. The first-order valence-corrected chi connectivity index (χ1v) is 9.40. The van der Waals surface area contributed by atoms with Gasteiger partial charge in [-0.25, -0.2) is 0 Å². The van der Waals surface area contributed by atoms with Crippen molar-refractivity contribution in [2.45, 2.75) is 24.0 Å². The van der Waals surface area contributed by atoms with Crippen molar-refractivity contribution in [2.24, 2.45) is 0 Å². The first-order chi connectivity index (χ1) is 12.2. The number of amides is 1. The molecular weight excluding hydrogens is 326 g/mol. The molecule has 0 saturated carbocycles. The Morgan fingerprint density at radius 2 is 1.48 bits per heavy atom. The highest BCUT2D eigenvalue weighted by Crippen LogP contribution is 2.22. The van der Waals surface area contributed by atoms with Gasteiger partial charge in [-0.15, -0.1) is 11.8 Å². The van der Waals surface area contributed by atoms with Crippen molar-refractivity contribution in [2.75, 3.05) is 5.32 Å². The minimum atomic E-state index is -0.0773. The lowest BCUT2D eigenvalue weighted by Gasteiger charge is -2.07. The Kier molecular flexibility index (Phi) is 5.91. The van der Waals surface area contributed by atoms with Gasteiger partial charge in [0.25, 0.3) is 5.91 Å². The molecule has 3 rings (SSSR count). The molecule has 3 aromatic carbocycles. The topological polar surface area (TPSA) is 29.1 Å². The fourth-order valence-corrected chi connectivity index (χ4v) is 3.34. The van der Waals surface area contributed by atoms with E-state index in [1.165, 1.54) is 16.0 Å². The van der Waals surface area contributed by atoms with Gasteiger partial charge in [0.1, 0.15) is 0 Å². The van der Waals surface area contributed by atoms with Gasteiger partial charge in [0.05, 0.1) is 0 Å². The molecule has 3 aromatic rings. The number of nitrogens with one attached hydrogen (secondary N) is 1. The van der Waals surface area contributed by atoms with Gasteiger partial charge in [0.2, 0.25) is 0 Å². The van der Waals surface area contributed by atoms with Crippen LogP contribution in [0.1, 0.15) is 28.4 Å². The summed E-state index contributed by atoms with van der Waals surface area (Å²) in [6, 6.07) is 26.1. The van der Waals surface area contributed by atoms with Gasteiger partial charge in [0.15, 0.2) is 0 Å². The van der Waals surface area contributed by atoms with Crippen LogP contribution in [0.5, 0.6) is 0 Å². The monoisotopic (exact) mass is 347 g/mol. The molecule has 1 N–H and O–H groups in total. The Balaban J connectivity index is 1.58. The number of thioether (sulfide) groups is 1. The zero-order valence-corrected chi connectivity index (χ0v) is 15.1. The van der Waals surface area contributed by atoms with Crippen molar-refractivity contribution in [3.8, 4) is 0 Å². The van der Waals surface area contributed by atoms with Crippen LogP contribution in [0.15, 0.2) is 83.8 Å². The molecular formula is C22H21NOS. The third-order valence-electron chi connectivity index (χ3n) is 3.98. The molecule has 3 heteroatoms. The summed E-state index contributed by atoms with van der Waals surface area (Å²) in [5, 5.41) is 2.94. The van der Waals surface area contributed by atoms with E-state index >= 15 is 0 Å². The first-order valence-electron chi connectivity index (χ1n) is 8.41. The number of hydrogen-bond donors (Lipinski definition) is 1. The molecule has 0 bridgehead atoms. The van der Waals surface area contributed by atoms with E-state index in [9.17, 15) is 4.79 Å². The Bertz CT molecular complexity index is 811. The Labute approximate surface area is 153 Å². The van der Waals surface area contributed by atoms with Crippen molar-refractivity contribution in [3.63, 3.8) is 0 Å². The summed E-state index contributed by atoms with van der Waals surface area (Å²) >= 11 is 1.79. The van der Waals surface area contributed by atoms with Crippen LogP contribution in [0, 0.1) is 0 Å². The number of aryl methyl sites for hydroxylation is 1. The Hall–Kier alpha value is -2.52. The molecule has 1 amide bonds. The summed E-state index contributed by atoms with van der Waals surface area (Å²) < 4.78 is 0. The summed E-state index contributed by atoms with van der Waals surface area (Å²) in [6.45, 7) is 2.12. The fourth-order valence-electron chi connectivity index (χ4n) is 2.46. The normalized spacial score (nSPS) is 10.4. The molecule has 0 fully saturated rings. The van der Waals surface area contributed by atoms with E-state index in [0.717, 1.165) is 17.9 Å². The summed E-state index contributed by atoms with van der Waals surface area (Å²) in [5.74, 6) is 0.816. The van der Waals surface area contributed by atoms with Crippen LogP contribution in [0.2, 0.25) is 0 Å². The average molecular weight is 347 g/mol. The van der Waals surface area contributed by atoms with E-state index in [-0.39, 0.29) is 5.91 Å². The lowest BCUT2D eigenvalue weighted by atomic mass is 10.1. The zero-order valence-electron chi connectivity index (χ0n) is 14.2. The summed E-state index contributed by atoms with van der Waals surface area (Å²) in [4.78, 5) is 13.6. The maximum atomic E-state index is 12.3. The van der Waals surface area contributed by atoms with Crippen LogP contribution in [0.25, 0.3) is 0 Å². The smallest absolute Gasteiger partial charge is 0.255 e. The van der Waals surface area contributed by atoms with E-state index in [2.05, 4.69) is 24.4 Å². The van der Waals surface area contributed by atoms with E-state index in [1.54, 1.807) is 11.8 Å². The number of hydrogen-bond acceptors (Lipinski definition) is 2. The third kappa shape index (κ3) is 4.97. The van der Waals surface area contributed by atoms with Gasteiger partial charge in [0, 0.05) is 21.9 Å². The van der Waals surface area contributed by atoms with Crippen molar-refractivity contribution in [3.05, 3.63) is 95.6 Å². The largest absolute Gasteiger partial charge is 0.322 e. The molecule has 0 radical (unpaired) electrons. The minimum Gasteiger partial charge on any atom is -0.322 e. The van der Waals surface area contributed by atoms with E-state index in [1.807, 2.05) is 66.7 Å². The van der Waals surface area contributed by atoms with Gasteiger partial charge < -0.3 is 5.32 Å². The summed E-state index contributed by atoms with van der Waals surface area (Å²) in [6.07, 6.45) is 0.997. The van der Waals surface area contributed by atoms with Crippen molar-refractivity contribution >= 4 is 23.4 Å². The zero-order chi connectivity index (χ0) is 17.5. The van der Waals surface area contributed by atoms with Crippen LogP contribution in [-0.2, 0) is 12.2 Å². The number of carbonyl (C=O) groups excluding carboxylic acids is 1. The molecule has 126 valence electrons. The van der Waals surface area contributed by atoms with Crippen molar-refractivity contribution in [1.82, 2.24) is 0 Å². The molecule has 0 aliphatic rings. The average Bonchev–Trinajstić information content (AvgIpc) is 2.68. The van der Waals surface area contributed by atoms with Gasteiger partial charge in [-0.2, -0.15) is 0 Å². The third-order valence-corrected chi connectivity index (χ3v) is 5.07. The van der Waals surface area contributed by atoms with E-state index < -0.39 is 0 Å². The second kappa shape index (κ2) is 8.54. The molecule has 0 spiro atoms. The molecule has 2 nitrogen and oxygen atoms in total. The van der Waals surface area contributed by atoms with Gasteiger partial charge in [-0.3, -0.25) is 4.79 Å². The number of benzene rings is 3. The SMILES string of the molecule is CCc1ccc(NC(=O)c2ccc(CSc3ccccc3)cc2)cc1. The van der Waals surface area contributed by atoms with Crippen molar-refractivity contribution in [1.29, 1.82) is 0 Å². The van der Waals surface area contributed by atoms with Gasteiger partial charge in [-0.05, 0) is 53.9 Å². The number of carbonyl (C=O) groups is 1.